The molecule has 0 atom stereocenters. The molecule has 0 aliphatic carbocycles. The minimum Gasteiger partial charge on any atom is -0.465 e. The molecular weight excluding hydrogens is 174 g/mol. The van der Waals surface area contributed by atoms with Crippen LogP contribution in [0.1, 0.15) is 20.1 Å². The molecule has 1 aromatic rings. The lowest BCUT2D eigenvalue weighted by molar-refractivity contribution is 0.0606. The van der Waals surface area contributed by atoms with Gasteiger partial charge in [-0.1, -0.05) is 0 Å². The van der Waals surface area contributed by atoms with Gasteiger partial charge in [0.1, 0.15) is 10.9 Å². The fourth-order valence-corrected chi connectivity index (χ4v) is 1.68. The van der Waals surface area contributed by atoms with E-state index in [4.69, 9.17) is 5.26 Å². The minimum absolute atomic E-state index is 0.385. The summed E-state index contributed by atoms with van der Waals surface area (Å²) in [6, 6.07) is 3.54. The Bertz CT molecular complexity index is 348. The van der Waals surface area contributed by atoms with E-state index in [0.29, 0.717) is 10.4 Å². The zero-order chi connectivity index (χ0) is 9.14. The summed E-state index contributed by atoms with van der Waals surface area (Å²) >= 11 is 1.27. The van der Waals surface area contributed by atoms with Crippen molar-refractivity contribution < 1.29 is 9.53 Å². The highest BCUT2D eigenvalue weighted by Gasteiger charge is 2.11. The van der Waals surface area contributed by atoms with E-state index < -0.39 is 0 Å². The third-order valence-electron chi connectivity index (χ3n) is 1.42. The van der Waals surface area contributed by atoms with E-state index in [0.717, 1.165) is 4.88 Å². The second kappa shape index (κ2) is 3.37. The van der Waals surface area contributed by atoms with Crippen LogP contribution in [0.25, 0.3) is 0 Å². The van der Waals surface area contributed by atoms with Crippen LogP contribution >= 0.6 is 11.3 Å². The first kappa shape index (κ1) is 8.75. The van der Waals surface area contributed by atoms with E-state index in [-0.39, 0.29) is 5.97 Å². The van der Waals surface area contributed by atoms with Gasteiger partial charge in [0, 0.05) is 4.88 Å². The molecule has 0 fully saturated rings. The fraction of sp³-hybridized carbons (Fsp3) is 0.250. The van der Waals surface area contributed by atoms with Crippen molar-refractivity contribution in [3.63, 3.8) is 0 Å². The third-order valence-corrected chi connectivity index (χ3v) is 2.46. The summed E-state index contributed by atoms with van der Waals surface area (Å²) in [6.45, 7) is 1.80. The van der Waals surface area contributed by atoms with Crippen molar-refractivity contribution in [3.8, 4) is 6.07 Å². The smallest absolute Gasteiger partial charge is 0.348 e. The van der Waals surface area contributed by atoms with Gasteiger partial charge in [-0.05, 0) is 13.0 Å². The van der Waals surface area contributed by atoms with Gasteiger partial charge in [0.2, 0.25) is 0 Å². The molecule has 0 aromatic carbocycles. The van der Waals surface area contributed by atoms with Crippen molar-refractivity contribution in [2.24, 2.45) is 0 Å². The fourth-order valence-electron chi connectivity index (χ4n) is 0.794. The lowest BCUT2D eigenvalue weighted by Crippen LogP contribution is -1.96. The molecule has 62 valence electrons. The number of hydrogen-bond acceptors (Lipinski definition) is 4. The van der Waals surface area contributed by atoms with Crippen LogP contribution in [-0.4, -0.2) is 13.1 Å². The zero-order valence-corrected chi connectivity index (χ0v) is 7.57. The van der Waals surface area contributed by atoms with Crippen LogP contribution < -0.4 is 0 Å². The maximum Gasteiger partial charge on any atom is 0.348 e. The minimum atomic E-state index is -0.385. The van der Waals surface area contributed by atoms with Crippen molar-refractivity contribution in [3.05, 3.63) is 21.4 Å². The number of nitriles is 1. The summed E-state index contributed by atoms with van der Waals surface area (Å²) in [6.07, 6.45) is 0. The van der Waals surface area contributed by atoms with E-state index in [2.05, 4.69) is 4.74 Å². The molecule has 0 aliphatic heterocycles. The van der Waals surface area contributed by atoms with E-state index in [1.54, 1.807) is 13.0 Å². The number of thiophene rings is 1. The van der Waals surface area contributed by atoms with Gasteiger partial charge in [0.15, 0.2) is 0 Å². The van der Waals surface area contributed by atoms with Gasteiger partial charge in [-0.15, -0.1) is 11.3 Å². The Hall–Kier alpha value is -1.34. The molecule has 1 rings (SSSR count). The van der Waals surface area contributed by atoms with Gasteiger partial charge in [0.25, 0.3) is 0 Å². The van der Waals surface area contributed by atoms with Crippen LogP contribution in [0.15, 0.2) is 6.07 Å². The standard InChI is InChI=1S/C8H7NO2S/c1-5-6(4-9)3-7(12-5)8(10)11-2/h3H,1-2H3. The van der Waals surface area contributed by atoms with E-state index in [1.165, 1.54) is 18.4 Å². The second-order valence-corrected chi connectivity index (χ2v) is 3.44. The quantitative estimate of drug-likeness (QED) is 0.620. The number of esters is 1. The Labute approximate surface area is 74.2 Å². The molecule has 0 N–H and O–H groups in total. The first-order valence-corrected chi connectivity index (χ1v) is 4.09. The Kier molecular flexibility index (Phi) is 2.46. The van der Waals surface area contributed by atoms with Crippen LogP contribution in [0.4, 0.5) is 0 Å². The maximum absolute atomic E-state index is 11.0. The first-order valence-electron chi connectivity index (χ1n) is 3.28. The highest BCUT2D eigenvalue weighted by Crippen LogP contribution is 2.21. The summed E-state index contributed by atoms with van der Waals surface area (Å²) in [5, 5.41) is 8.59. The predicted molar refractivity (Wildman–Crippen MR) is 45.1 cm³/mol. The lowest BCUT2D eigenvalue weighted by Gasteiger charge is -1.90. The maximum atomic E-state index is 11.0. The predicted octanol–water partition coefficient (Wildman–Crippen LogP) is 1.71. The number of methoxy groups -OCH3 is 1. The number of carbonyl (C=O) groups is 1. The van der Waals surface area contributed by atoms with Crippen molar-refractivity contribution in [2.45, 2.75) is 6.92 Å². The van der Waals surface area contributed by atoms with Gasteiger partial charge < -0.3 is 4.74 Å². The summed E-state index contributed by atoms with van der Waals surface area (Å²) in [5.41, 5.74) is 0.542. The molecule has 12 heavy (non-hydrogen) atoms. The van der Waals surface area contributed by atoms with Crippen LogP contribution in [0.3, 0.4) is 0 Å². The molecule has 0 aliphatic rings. The Morgan fingerprint density at radius 3 is 2.83 bits per heavy atom. The van der Waals surface area contributed by atoms with Crippen molar-refractivity contribution in [2.75, 3.05) is 7.11 Å². The monoisotopic (exact) mass is 181 g/mol. The molecule has 0 saturated carbocycles. The molecule has 3 nitrogen and oxygen atoms in total. The highest BCUT2D eigenvalue weighted by molar-refractivity contribution is 7.14. The largest absolute Gasteiger partial charge is 0.465 e. The normalized spacial score (nSPS) is 9.08. The number of nitrogens with zero attached hydrogens (tertiary/aromatic N) is 1. The zero-order valence-electron chi connectivity index (χ0n) is 6.75. The van der Waals surface area contributed by atoms with Gasteiger partial charge in [-0.3, -0.25) is 0 Å². The lowest BCUT2D eigenvalue weighted by atomic mass is 10.3. The van der Waals surface area contributed by atoms with Gasteiger partial charge in [0.05, 0.1) is 12.7 Å². The number of ether oxygens (including phenoxy) is 1. The first-order chi connectivity index (χ1) is 5.69. The van der Waals surface area contributed by atoms with Gasteiger partial charge in [-0.2, -0.15) is 5.26 Å². The SMILES string of the molecule is COC(=O)c1cc(C#N)c(C)s1. The van der Waals surface area contributed by atoms with Gasteiger partial charge >= 0.3 is 5.97 Å². The molecule has 0 unspecified atom stereocenters. The van der Waals surface area contributed by atoms with Crippen LogP contribution in [0.2, 0.25) is 0 Å². The molecular formula is C8H7NO2S. The summed E-state index contributed by atoms with van der Waals surface area (Å²) in [4.78, 5) is 12.3. The third kappa shape index (κ3) is 1.46. The van der Waals surface area contributed by atoms with Crippen molar-refractivity contribution >= 4 is 17.3 Å². The second-order valence-electron chi connectivity index (χ2n) is 2.18. The molecule has 0 saturated heterocycles. The Morgan fingerprint density at radius 2 is 2.42 bits per heavy atom. The number of hydrogen-bond donors (Lipinski definition) is 0. The van der Waals surface area contributed by atoms with Gasteiger partial charge in [-0.25, -0.2) is 4.79 Å². The van der Waals surface area contributed by atoms with Crippen molar-refractivity contribution in [1.82, 2.24) is 0 Å². The topological polar surface area (TPSA) is 50.1 Å². The molecule has 4 heteroatoms. The molecule has 1 heterocycles. The average molecular weight is 181 g/mol. The van der Waals surface area contributed by atoms with E-state index >= 15 is 0 Å². The van der Waals surface area contributed by atoms with Crippen LogP contribution in [0.5, 0.6) is 0 Å². The van der Waals surface area contributed by atoms with E-state index in [9.17, 15) is 4.79 Å². The summed E-state index contributed by atoms with van der Waals surface area (Å²) in [7, 11) is 1.32. The average Bonchev–Trinajstić information content (AvgIpc) is 2.45. The summed E-state index contributed by atoms with van der Waals surface area (Å²) < 4.78 is 4.51. The number of carbonyl (C=O) groups excluding carboxylic acids is 1. The molecule has 0 bridgehead atoms. The summed E-state index contributed by atoms with van der Waals surface area (Å²) in [5.74, 6) is -0.385. The number of aryl methyl sites for hydroxylation is 1. The molecule has 1 aromatic heterocycles. The Balaban J connectivity index is 3.07. The highest BCUT2D eigenvalue weighted by atomic mass is 32.1. The van der Waals surface area contributed by atoms with E-state index in [1.807, 2.05) is 6.07 Å². The molecule has 0 spiro atoms. The molecule has 0 radical (unpaired) electrons. The Morgan fingerprint density at radius 1 is 1.75 bits per heavy atom. The van der Waals surface area contributed by atoms with Crippen LogP contribution in [-0.2, 0) is 4.74 Å². The number of rotatable bonds is 1. The van der Waals surface area contributed by atoms with Crippen LogP contribution in [0, 0.1) is 18.3 Å². The molecule has 0 amide bonds. The van der Waals surface area contributed by atoms with Crippen molar-refractivity contribution in [1.29, 1.82) is 5.26 Å².